The molecule has 0 bridgehead atoms. The van der Waals surface area contributed by atoms with E-state index in [-0.39, 0.29) is 0 Å². The largest absolute Gasteiger partial charge is 0.455 e. The third-order valence-electron chi connectivity index (χ3n) is 6.33. The van der Waals surface area contributed by atoms with Crippen LogP contribution in [0.3, 0.4) is 0 Å². The first kappa shape index (κ1) is 18.1. The quantitative estimate of drug-likeness (QED) is 0.283. The Balaban J connectivity index is 1.58. The fraction of sp³-hybridized carbons (Fsp3) is 0. The zero-order valence-corrected chi connectivity index (χ0v) is 17.7. The molecule has 3 nitrogen and oxygen atoms in total. The van der Waals surface area contributed by atoms with Crippen molar-refractivity contribution in [3.63, 3.8) is 0 Å². The molecular formula is C30H18N2O. The van der Waals surface area contributed by atoms with Gasteiger partial charge in [0.25, 0.3) is 0 Å². The van der Waals surface area contributed by atoms with Gasteiger partial charge in [-0.25, -0.2) is 4.98 Å². The zero-order chi connectivity index (χ0) is 21.8. The van der Waals surface area contributed by atoms with E-state index in [0.29, 0.717) is 0 Å². The zero-order valence-electron chi connectivity index (χ0n) is 17.7. The van der Waals surface area contributed by atoms with Crippen LogP contribution in [0, 0.1) is 0 Å². The lowest BCUT2D eigenvalue weighted by Gasteiger charge is -2.08. The molecule has 33 heavy (non-hydrogen) atoms. The fourth-order valence-corrected chi connectivity index (χ4v) is 4.77. The van der Waals surface area contributed by atoms with Crippen LogP contribution in [0.1, 0.15) is 0 Å². The van der Waals surface area contributed by atoms with Gasteiger partial charge in [-0.05, 0) is 64.0 Å². The Morgan fingerprint density at radius 3 is 2.15 bits per heavy atom. The monoisotopic (exact) mass is 422 g/mol. The summed E-state index contributed by atoms with van der Waals surface area (Å²) in [5, 5.41) is 7.02. The van der Waals surface area contributed by atoms with Crippen molar-refractivity contribution in [3.05, 3.63) is 109 Å². The summed E-state index contributed by atoms with van der Waals surface area (Å²) in [5.41, 5.74) is 5.62. The molecular weight excluding hydrogens is 404 g/mol. The molecule has 7 rings (SSSR count). The molecule has 0 N–H and O–H groups in total. The summed E-state index contributed by atoms with van der Waals surface area (Å²) in [7, 11) is 0. The number of rotatable bonds is 2. The van der Waals surface area contributed by atoms with E-state index in [1.807, 2.05) is 18.2 Å². The van der Waals surface area contributed by atoms with E-state index in [2.05, 4.69) is 83.8 Å². The SMILES string of the molecule is c1cc(-c2ccncc2)nc(-c2cc3ccccc3c3c2oc2cc4ccccc4cc23)c1. The van der Waals surface area contributed by atoms with Gasteiger partial charge >= 0.3 is 0 Å². The lowest BCUT2D eigenvalue weighted by molar-refractivity contribution is 0.670. The van der Waals surface area contributed by atoms with Crippen molar-refractivity contribution < 1.29 is 4.42 Å². The van der Waals surface area contributed by atoms with Crippen LogP contribution >= 0.6 is 0 Å². The Kier molecular flexibility index (Phi) is 3.84. The minimum absolute atomic E-state index is 0.874. The maximum absolute atomic E-state index is 6.55. The van der Waals surface area contributed by atoms with Gasteiger partial charge in [0.05, 0.1) is 11.4 Å². The van der Waals surface area contributed by atoms with E-state index < -0.39 is 0 Å². The molecule has 0 amide bonds. The first-order chi connectivity index (χ1) is 16.3. The number of hydrogen-bond acceptors (Lipinski definition) is 3. The molecule has 0 aliphatic carbocycles. The van der Waals surface area contributed by atoms with Crippen LogP contribution < -0.4 is 0 Å². The Morgan fingerprint density at radius 2 is 1.30 bits per heavy atom. The van der Waals surface area contributed by atoms with Crippen molar-refractivity contribution in [2.45, 2.75) is 0 Å². The lowest BCUT2D eigenvalue weighted by atomic mass is 9.97. The van der Waals surface area contributed by atoms with Crippen molar-refractivity contribution in [2.24, 2.45) is 0 Å². The van der Waals surface area contributed by atoms with E-state index in [4.69, 9.17) is 9.40 Å². The lowest BCUT2D eigenvalue weighted by Crippen LogP contribution is -1.89. The van der Waals surface area contributed by atoms with Crippen LogP contribution in [0.2, 0.25) is 0 Å². The highest BCUT2D eigenvalue weighted by atomic mass is 16.3. The molecule has 154 valence electrons. The summed E-state index contributed by atoms with van der Waals surface area (Å²) in [6, 6.07) is 33.6. The van der Waals surface area contributed by atoms with E-state index >= 15 is 0 Å². The third-order valence-corrected chi connectivity index (χ3v) is 6.33. The summed E-state index contributed by atoms with van der Waals surface area (Å²) in [4.78, 5) is 9.14. The maximum atomic E-state index is 6.55. The molecule has 7 aromatic rings. The average Bonchev–Trinajstić information content (AvgIpc) is 3.26. The van der Waals surface area contributed by atoms with Gasteiger partial charge in [0.15, 0.2) is 0 Å². The predicted molar refractivity (Wildman–Crippen MR) is 135 cm³/mol. The molecule has 4 aromatic carbocycles. The van der Waals surface area contributed by atoms with E-state index in [1.54, 1.807) is 12.4 Å². The second kappa shape index (κ2) is 7.01. The molecule has 3 heterocycles. The topological polar surface area (TPSA) is 38.9 Å². The summed E-state index contributed by atoms with van der Waals surface area (Å²) in [5.74, 6) is 0. The van der Waals surface area contributed by atoms with Crippen LogP contribution in [-0.2, 0) is 0 Å². The predicted octanol–water partition coefficient (Wildman–Crippen LogP) is 8.02. The summed E-state index contributed by atoms with van der Waals surface area (Å²) >= 11 is 0. The highest BCUT2D eigenvalue weighted by Crippen LogP contribution is 2.41. The van der Waals surface area contributed by atoms with Crippen LogP contribution in [-0.4, -0.2) is 9.97 Å². The average molecular weight is 422 g/mol. The molecule has 0 unspecified atom stereocenters. The van der Waals surface area contributed by atoms with Crippen LogP contribution in [0.5, 0.6) is 0 Å². The number of benzene rings is 4. The van der Waals surface area contributed by atoms with Crippen molar-refractivity contribution in [2.75, 3.05) is 0 Å². The molecule has 0 fully saturated rings. The van der Waals surface area contributed by atoms with Crippen LogP contribution in [0.25, 0.3) is 66.0 Å². The Hall–Kier alpha value is -4.50. The summed E-state index contributed by atoms with van der Waals surface area (Å²) in [6.07, 6.45) is 3.59. The summed E-state index contributed by atoms with van der Waals surface area (Å²) < 4.78 is 6.55. The molecule has 0 atom stereocenters. The molecule has 0 saturated heterocycles. The number of aromatic nitrogens is 2. The van der Waals surface area contributed by atoms with E-state index in [0.717, 1.165) is 44.5 Å². The first-order valence-electron chi connectivity index (χ1n) is 11.0. The standard InChI is InChI=1S/C30H18N2O/c1-2-7-21-18-28-25(16-20(21)6-1)29-23-9-4-3-8-22(23)17-24(30(29)33-28)27-11-5-10-26(32-27)19-12-14-31-15-13-19/h1-18H. The molecule has 0 saturated carbocycles. The molecule has 3 heteroatoms. The van der Waals surface area contributed by atoms with Crippen LogP contribution in [0.15, 0.2) is 114 Å². The number of pyridine rings is 2. The molecule has 0 radical (unpaired) electrons. The summed E-state index contributed by atoms with van der Waals surface area (Å²) in [6.45, 7) is 0. The highest BCUT2D eigenvalue weighted by molar-refractivity contribution is 6.23. The Labute approximate surface area is 190 Å². The van der Waals surface area contributed by atoms with E-state index in [9.17, 15) is 0 Å². The highest BCUT2D eigenvalue weighted by Gasteiger charge is 2.18. The van der Waals surface area contributed by atoms with Gasteiger partial charge in [-0.3, -0.25) is 4.98 Å². The Morgan fingerprint density at radius 1 is 0.576 bits per heavy atom. The minimum Gasteiger partial charge on any atom is -0.455 e. The van der Waals surface area contributed by atoms with Gasteiger partial charge in [0, 0.05) is 34.3 Å². The van der Waals surface area contributed by atoms with Crippen molar-refractivity contribution in [3.8, 4) is 22.5 Å². The molecule has 3 aromatic heterocycles. The third kappa shape index (κ3) is 2.83. The Bertz CT molecular complexity index is 1820. The minimum atomic E-state index is 0.874. The van der Waals surface area contributed by atoms with Crippen molar-refractivity contribution in [1.29, 1.82) is 0 Å². The second-order valence-corrected chi connectivity index (χ2v) is 8.29. The fourth-order valence-electron chi connectivity index (χ4n) is 4.77. The van der Waals surface area contributed by atoms with Crippen molar-refractivity contribution >= 4 is 43.5 Å². The smallest absolute Gasteiger partial charge is 0.145 e. The van der Waals surface area contributed by atoms with Crippen LogP contribution in [0.4, 0.5) is 0 Å². The normalized spacial score (nSPS) is 11.6. The number of hydrogen-bond donors (Lipinski definition) is 0. The maximum Gasteiger partial charge on any atom is 0.145 e. The van der Waals surface area contributed by atoms with Gasteiger partial charge in [-0.15, -0.1) is 0 Å². The van der Waals surface area contributed by atoms with Gasteiger partial charge in [0.1, 0.15) is 11.2 Å². The molecule has 0 spiro atoms. The molecule has 0 aliphatic rings. The number of nitrogens with zero attached hydrogens (tertiary/aromatic N) is 2. The first-order valence-corrected chi connectivity index (χ1v) is 11.0. The van der Waals surface area contributed by atoms with Gasteiger partial charge in [0.2, 0.25) is 0 Å². The van der Waals surface area contributed by atoms with Crippen molar-refractivity contribution in [1.82, 2.24) is 9.97 Å². The van der Waals surface area contributed by atoms with Gasteiger partial charge in [-0.2, -0.15) is 0 Å². The molecule has 0 aliphatic heterocycles. The van der Waals surface area contributed by atoms with Gasteiger partial charge < -0.3 is 4.42 Å². The second-order valence-electron chi connectivity index (χ2n) is 8.29. The number of fused-ring (bicyclic) bond motifs is 6. The van der Waals surface area contributed by atoms with Gasteiger partial charge in [-0.1, -0.05) is 54.6 Å². The van der Waals surface area contributed by atoms with E-state index in [1.165, 1.54) is 21.5 Å². The number of furan rings is 1.